The molecule has 174 valence electrons. The number of halogens is 1. The summed E-state index contributed by atoms with van der Waals surface area (Å²) < 4.78 is 0. The number of likely N-dealkylation sites (N-methyl/N-ethyl adjacent to an activating group) is 1. The van der Waals surface area contributed by atoms with E-state index in [0.717, 1.165) is 48.0 Å². The van der Waals surface area contributed by atoms with Crippen LogP contribution >= 0.6 is 11.6 Å². The number of hydrogen-bond donors (Lipinski definition) is 2. The molecule has 7 heteroatoms. The molecule has 0 bridgehead atoms. The monoisotopic (exact) mass is 466 g/mol. The number of nitrogens with one attached hydrogen (secondary N) is 2. The Morgan fingerprint density at radius 3 is 2.82 bits per heavy atom. The van der Waals surface area contributed by atoms with Crippen LogP contribution in [0.3, 0.4) is 0 Å². The van der Waals surface area contributed by atoms with Crippen LogP contribution in [0.2, 0.25) is 5.02 Å². The number of H-pyrrole nitrogens is 1. The van der Waals surface area contributed by atoms with Crippen molar-refractivity contribution >= 4 is 34.2 Å². The van der Waals surface area contributed by atoms with E-state index in [1.54, 1.807) is 23.1 Å². The van der Waals surface area contributed by atoms with E-state index in [9.17, 15) is 9.59 Å². The number of aryl methyl sites for hydroxylation is 2. The number of nitrogens with zero attached hydrogens (tertiary/aromatic N) is 2. The number of aromatic nitrogens is 1. The van der Waals surface area contributed by atoms with Gasteiger partial charge in [-0.1, -0.05) is 30.7 Å². The molecule has 2 heterocycles. The van der Waals surface area contributed by atoms with Crippen molar-refractivity contribution in [1.29, 1.82) is 0 Å². The van der Waals surface area contributed by atoms with Crippen LogP contribution in [0, 0.1) is 13.8 Å². The minimum absolute atomic E-state index is 0.160. The maximum Gasteiger partial charge on any atom is 0.322 e. The Morgan fingerprint density at radius 1 is 1.24 bits per heavy atom. The molecule has 1 aliphatic rings. The highest BCUT2D eigenvalue weighted by molar-refractivity contribution is 6.30. The van der Waals surface area contributed by atoms with E-state index in [0.29, 0.717) is 22.8 Å². The zero-order valence-electron chi connectivity index (χ0n) is 19.5. The van der Waals surface area contributed by atoms with Crippen molar-refractivity contribution in [3.05, 3.63) is 74.5 Å². The van der Waals surface area contributed by atoms with Gasteiger partial charge in [0.2, 0.25) is 0 Å². The van der Waals surface area contributed by atoms with Gasteiger partial charge in [-0.05, 0) is 81.2 Å². The van der Waals surface area contributed by atoms with E-state index >= 15 is 0 Å². The first kappa shape index (κ1) is 23.3. The topological polar surface area (TPSA) is 68.4 Å². The molecule has 1 unspecified atom stereocenters. The minimum Gasteiger partial charge on any atom is -0.322 e. The molecular weight excluding hydrogens is 436 g/mol. The van der Waals surface area contributed by atoms with Gasteiger partial charge in [-0.25, -0.2) is 4.79 Å². The molecule has 0 aliphatic carbocycles. The number of benzene rings is 2. The number of urea groups is 1. The van der Waals surface area contributed by atoms with Crippen LogP contribution < -0.4 is 10.9 Å². The van der Waals surface area contributed by atoms with Crippen molar-refractivity contribution < 1.29 is 4.79 Å². The van der Waals surface area contributed by atoms with Gasteiger partial charge in [0.05, 0.1) is 6.54 Å². The van der Waals surface area contributed by atoms with Crippen LogP contribution in [0.5, 0.6) is 0 Å². The summed E-state index contributed by atoms with van der Waals surface area (Å²) >= 11 is 6.10. The van der Waals surface area contributed by atoms with Crippen molar-refractivity contribution in [3.8, 4) is 0 Å². The van der Waals surface area contributed by atoms with Gasteiger partial charge in [0, 0.05) is 39.8 Å². The molecule has 0 radical (unpaired) electrons. The number of rotatable bonds is 6. The molecule has 1 aromatic heterocycles. The lowest BCUT2D eigenvalue weighted by molar-refractivity contribution is 0.174. The summed E-state index contributed by atoms with van der Waals surface area (Å²) in [6, 6.07) is 13.2. The lowest BCUT2D eigenvalue weighted by Crippen LogP contribution is -2.45. The molecule has 6 nitrogen and oxygen atoms in total. The summed E-state index contributed by atoms with van der Waals surface area (Å²) in [5.74, 6) is 0. The molecule has 2 aromatic carbocycles. The van der Waals surface area contributed by atoms with E-state index in [2.05, 4.69) is 28.2 Å². The highest BCUT2D eigenvalue weighted by Gasteiger charge is 2.28. The van der Waals surface area contributed by atoms with E-state index < -0.39 is 0 Å². The first-order chi connectivity index (χ1) is 15.8. The van der Waals surface area contributed by atoms with Crippen molar-refractivity contribution in [2.75, 3.05) is 25.0 Å². The number of fused-ring (bicyclic) bond motifs is 1. The molecule has 1 saturated heterocycles. The fourth-order valence-corrected chi connectivity index (χ4v) is 4.99. The van der Waals surface area contributed by atoms with Gasteiger partial charge >= 0.3 is 6.03 Å². The molecule has 0 spiro atoms. The molecule has 1 aliphatic heterocycles. The first-order valence-corrected chi connectivity index (χ1v) is 11.9. The largest absolute Gasteiger partial charge is 0.322 e. The predicted octanol–water partition coefficient (Wildman–Crippen LogP) is 5.32. The zero-order chi connectivity index (χ0) is 23.5. The first-order valence-electron chi connectivity index (χ1n) is 11.5. The normalized spacial score (nSPS) is 16.3. The van der Waals surface area contributed by atoms with Crippen molar-refractivity contribution in [2.24, 2.45) is 0 Å². The van der Waals surface area contributed by atoms with Crippen LogP contribution in [0.4, 0.5) is 10.5 Å². The van der Waals surface area contributed by atoms with Crippen molar-refractivity contribution in [1.82, 2.24) is 14.8 Å². The summed E-state index contributed by atoms with van der Waals surface area (Å²) in [6.45, 7) is 8.99. The third kappa shape index (κ3) is 5.40. The lowest BCUT2D eigenvalue weighted by Gasteiger charge is -2.30. The highest BCUT2D eigenvalue weighted by Crippen LogP contribution is 2.22. The average molecular weight is 467 g/mol. The molecule has 4 rings (SSSR count). The van der Waals surface area contributed by atoms with Gasteiger partial charge < -0.3 is 15.2 Å². The minimum atomic E-state index is -0.236. The van der Waals surface area contributed by atoms with Gasteiger partial charge in [0.15, 0.2) is 0 Å². The fourth-order valence-electron chi connectivity index (χ4n) is 4.80. The molecule has 33 heavy (non-hydrogen) atoms. The number of anilines is 1. The summed E-state index contributed by atoms with van der Waals surface area (Å²) in [5.41, 5.74) is 4.08. The number of carbonyl (C=O) groups is 1. The Labute approximate surface area is 199 Å². The lowest BCUT2D eigenvalue weighted by atomic mass is 10.0. The SMILES string of the molecule is CCN1CCCC1CN(Cc1cc2c(C)cc(C)cc2[nH]c1=O)C(=O)Nc1cccc(Cl)c1. The zero-order valence-corrected chi connectivity index (χ0v) is 20.2. The number of pyridine rings is 1. The second-order valence-corrected chi connectivity index (χ2v) is 9.35. The average Bonchev–Trinajstić information content (AvgIpc) is 3.21. The van der Waals surface area contributed by atoms with Crippen molar-refractivity contribution in [2.45, 2.75) is 46.2 Å². The third-order valence-electron chi connectivity index (χ3n) is 6.45. The van der Waals surface area contributed by atoms with Crippen molar-refractivity contribution in [3.63, 3.8) is 0 Å². The Morgan fingerprint density at radius 2 is 2.06 bits per heavy atom. The van der Waals surface area contributed by atoms with Gasteiger partial charge in [-0.3, -0.25) is 9.69 Å². The molecule has 0 saturated carbocycles. The Bertz CT molecular complexity index is 1220. The second-order valence-electron chi connectivity index (χ2n) is 8.91. The number of likely N-dealkylation sites (tertiary alicyclic amines) is 1. The van der Waals surface area contributed by atoms with E-state index in [1.165, 1.54) is 0 Å². The van der Waals surface area contributed by atoms with E-state index in [4.69, 9.17) is 11.6 Å². The number of amides is 2. The smallest absolute Gasteiger partial charge is 0.322 e. The Kier molecular flexibility index (Phi) is 7.05. The second kappa shape index (κ2) is 9.98. The molecule has 2 amide bonds. The van der Waals surface area contributed by atoms with Crippen LogP contribution in [0.1, 0.15) is 36.5 Å². The number of carbonyl (C=O) groups excluding carboxylic acids is 1. The molecule has 2 N–H and O–H groups in total. The predicted molar refractivity (Wildman–Crippen MR) is 135 cm³/mol. The number of hydrogen-bond acceptors (Lipinski definition) is 3. The summed E-state index contributed by atoms with van der Waals surface area (Å²) in [7, 11) is 0. The Balaban J connectivity index is 1.64. The summed E-state index contributed by atoms with van der Waals surface area (Å²) in [5, 5.41) is 4.52. The van der Waals surface area contributed by atoms with Crippen LogP contribution in [-0.4, -0.2) is 46.5 Å². The van der Waals surface area contributed by atoms with Crippen LogP contribution in [-0.2, 0) is 6.54 Å². The number of aromatic amines is 1. The maximum absolute atomic E-state index is 13.3. The maximum atomic E-state index is 13.3. The molecule has 3 aromatic rings. The third-order valence-corrected chi connectivity index (χ3v) is 6.69. The highest BCUT2D eigenvalue weighted by atomic mass is 35.5. The van der Waals surface area contributed by atoms with Gasteiger partial charge in [-0.15, -0.1) is 0 Å². The van der Waals surface area contributed by atoms with Crippen LogP contribution in [0.15, 0.2) is 47.3 Å². The standard InChI is InChI=1S/C26H31ClN4O2/c1-4-30-10-6-9-22(30)16-31(26(33)28-21-8-5-7-20(27)14-21)15-19-13-23-18(3)11-17(2)12-24(23)29-25(19)32/h5,7-8,11-14,22H,4,6,9-10,15-16H2,1-3H3,(H,28,33)(H,29,32). The molecule has 1 atom stereocenters. The van der Waals surface area contributed by atoms with Gasteiger partial charge in [0.1, 0.15) is 0 Å². The van der Waals surface area contributed by atoms with Gasteiger partial charge in [0.25, 0.3) is 5.56 Å². The summed E-state index contributed by atoms with van der Waals surface area (Å²) in [4.78, 5) is 33.4. The van der Waals surface area contributed by atoms with E-state index in [-0.39, 0.29) is 24.2 Å². The molecular formula is C26H31ClN4O2. The Hall–Kier alpha value is -2.83. The van der Waals surface area contributed by atoms with E-state index in [1.807, 2.05) is 32.0 Å². The van der Waals surface area contributed by atoms with Crippen LogP contribution in [0.25, 0.3) is 10.9 Å². The van der Waals surface area contributed by atoms with Gasteiger partial charge in [-0.2, -0.15) is 0 Å². The quantitative estimate of drug-likeness (QED) is 0.516. The summed E-state index contributed by atoms with van der Waals surface area (Å²) in [6.07, 6.45) is 2.17. The fraction of sp³-hybridized carbons (Fsp3) is 0.385. The molecule has 1 fully saturated rings.